The van der Waals surface area contributed by atoms with Crippen LogP contribution in [0.3, 0.4) is 0 Å². The molecule has 6 nitrogen and oxygen atoms in total. The molecule has 0 saturated heterocycles. The van der Waals surface area contributed by atoms with Crippen LogP contribution in [0, 0.1) is 6.92 Å². The number of nitrogens with one attached hydrogen (secondary N) is 1. The van der Waals surface area contributed by atoms with Gasteiger partial charge in [0.2, 0.25) is 5.91 Å². The lowest BCUT2D eigenvalue weighted by atomic mass is 10.0. The van der Waals surface area contributed by atoms with Crippen LogP contribution in [0.2, 0.25) is 0 Å². The Morgan fingerprint density at radius 2 is 1.90 bits per heavy atom. The molecular weight excluding hydrogens is 274 g/mol. The monoisotopic (exact) mass is 297 g/mol. The Balaban J connectivity index is 2.30. The number of rotatable bonds is 9. The number of carbonyl (C=O) groups is 1. The summed E-state index contributed by atoms with van der Waals surface area (Å²) in [5.41, 5.74) is -0.266. The highest BCUT2D eigenvalue weighted by Gasteiger charge is 2.29. The molecule has 1 aromatic rings. The molecule has 0 atom stereocenters. The van der Waals surface area contributed by atoms with Crippen molar-refractivity contribution in [1.29, 1.82) is 0 Å². The van der Waals surface area contributed by atoms with E-state index < -0.39 is 25.4 Å². The third-order valence-corrected chi connectivity index (χ3v) is 3.12. The quantitative estimate of drug-likeness (QED) is 0.480. The van der Waals surface area contributed by atoms with E-state index in [1.807, 2.05) is 31.2 Å². The molecule has 0 bridgehead atoms. The summed E-state index contributed by atoms with van der Waals surface area (Å²) in [7, 11) is 0. The van der Waals surface area contributed by atoms with Crippen molar-refractivity contribution in [2.24, 2.45) is 0 Å². The number of carbonyl (C=O) groups excluding carboxylic acids is 1. The first-order valence-corrected chi connectivity index (χ1v) is 6.88. The topological polar surface area (TPSA) is 99.0 Å². The molecule has 1 amide bonds. The zero-order valence-electron chi connectivity index (χ0n) is 12.2. The second kappa shape index (κ2) is 8.61. The predicted molar refractivity (Wildman–Crippen MR) is 78.0 cm³/mol. The van der Waals surface area contributed by atoms with Gasteiger partial charge < -0.3 is 25.4 Å². The lowest BCUT2D eigenvalue weighted by Gasteiger charge is -2.28. The number of aryl methyl sites for hydroxylation is 1. The maximum Gasteiger partial charge on any atom is 0.220 e. The minimum absolute atomic E-state index is 0.188. The average Bonchev–Trinajstić information content (AvgIpc) is 2.49. The summed E-state index contributed by atoms with van der Waals surface area (Å²) in [5.74, 6) is 0.408. The summed E-state index contributed by atoms with van der Waals surface area (Å²) >= 11 is 0. The molecule has 21 heavy (non-hydrogen) atoms. The Hall–Kier alpha value is -1.63. The molecular formula is C15H23NO5. The molecule has 1 aromatic carbocycles. The van der Waals surface area contributed by atoms with Crippen LogP contribution in [0.25, 0.3) is 0 Å². The van der Waals surface area contributed by atoms with Crippen molar-refractivity contribution in [2.45, 2.75) is 25.3 Å². The Morgan fingerprint density at radius 1 is 1.24 bits per heavy atom. The molecule has 4 N–H and O–H groups in total. The molecule has 0 aliphatic carbocycles. The van der Waals surface area contributed by atoms with Crippen molar-refractivity contribution in [2.75, 3.05) is 26.4 Å². The first kappa shape index (κ1) is 17.4. The third kappa shape index (κ3) is 5.71. The van der Waals surface area contributed by atoms with Crippen molar-refractivity contribution >= 4 is 5.91 Å². The molecule has 1 rings (SSSR count). The zero-order chi connectivity index (χ0) is 15.7. The van der Waals surface area contributed by atoms with Crippen LogP contribution in [-0.2, 0) is 4.79 Å². The van der Waals surface area contributed by atoms with Crippen molar-refractivity contribution in [3.05, 3.63) is 29.8 Å². The predicted octanol–water partition coefficient (Wildman–Crippen LogP) is -0.0141. The fourth-order valence-electron chi connectivity index (χ4n) is 1.75. The van der Waals surface area contributed by atoms with E-state index >= 15 is 0 Å². The van der Waals surface area contributed by atoms with E-state index in [1.54, 1.807) is 0 Å². The van der Waals surface area contributed by atoms with Crippen molar-refractivity contribution in [3.8, 4) is 5.75 Å². The van der Waals surface area contributed by atoms with E-state index in [4.69, 9.17) is 20.1 Å². The highest BCUT2D eigenvalue weighted by atomic mass is 16.5. The van der Waals surface area contributed by atoms with Crippen LogP contribution in [0.5, 0.6) is 5.75 Å². The lowest BCUT2D eigenvalue weighted by Crippen LogP contribution is -2.57. The number of hydrogen-bond donors (Lipinski definition) is 4. The molecule has 0 spiro atoms. The molecule has 0 aromatic heterocycles. The van der Waals surface area contributed by atoms with E-state index in [0.717, 1.165) is 11.3 Å². The van der Waals surface area contributed by atoms with Crippen LogP contribution >= 0.6 is 0 Å². The molecule has 0 radical (unpaired) electrons. The van der Waals surface area contributed by atoms with Gasteiger partial charge in [0.05, 0.1) is 26.4 Å². The van der Waals surface area contributed by atoms with Crippen LogP contribution in [0.1, 0.15) is 18.4 Å². The van der Waals surface area contributed by atoms with Gasteiger partial charge in [-0.1, -0.05) is 12.1 Å². The second-order valence-electron chi connectivity index (χ2n) is 5.07. The maximum atomic E-state index is 11.7. The second-order valence-corrected chi connectivity index (χ2v) is 5.07. The highest BCUT2D eigenvalue weighted by molar-refractivity contribution is 5.76. The fourth-order valence-corrected chi connectivity index (χ4v) is 1.75. The first-order valence-electron chi connectivity index (χ1n) is 6.88. The largest absolute Gasteiger partial charge is 0.494 e. The smallest absolute Gasteiger partial charge is 0.220 e. The summed E-state index contributed by atoms with van der Waals surface area (Å²) in [4.78, 5) is 11.7. The van der Waals surface area contributed by atoms with Crippen molar-refractivity contribution < 1.29 is 24.9 Å². The Kier molecular flexibility index (Phi) is 7.14. The van der Waals surface area contributed by atoms with E-state index in [2.05, 4.69) is 5.32 Å². The van der Waals surface area contributed by atoms with E-state index in [-0.39, 0.29) is 12.3 Å². The molecule has 0 heterocycles. The minimum Gasteiger partial charge on any atom is -0.494 e. The Morgan fingerprint density at radius 3 is 2.48 bits per heavy atom. The average molecular weight is 297 g/mol. The third-order valence-electron chi connectivity index (χ3n) is 3.12. The van der Waals surface area contributed by atoms with E-state index in [0.29, 0.717) is 13.0 Å². The minimum atomic E-state index is -1.37. The summed E-state index contributed by atoms with van der Waals surface area (Å²) < 4.78 is 5.52. The number of hydrogen-bond acceptors (Lipinski definition) is 5. The summed E-state index contributed by atoms with van der Waals surface area (Å²) in [6.07, 6.45) is 0.686. The lowest BCUT2D eigenvalue weighted by molar-refractivity contribution is -0.125. The molecule has 0 saturated carbocycles. The van der Waals surface area contributed by atoms with Crippen LogP contribution in [0.4, 0.5) is 0 Å². The van der Waals surface area contributed by atoms with Gasteiger partial charge in [-0.25, -0.2) is 0 Å². The molecule has 6 heteroatoms. The molecule has 118 valence electrons. The number of benzene rings is 1. The number of aliphatic hydroxyl groups is 3. The standard InChI is InChI=1S/C15H23NO5/c1-12-4-2-5-13(8-12)21-7-3-6-14(20)16-15(9-17,10-18)11-19/h2,4-5,8,17-19H,3,6-7,9-11H2,1H3,(H,16,20). The molecule has 0 aliphatic rings. The summed E-state index contributed by atoms with van der Waals surface area (Å²) in [6, 6.07) is 7.63. The molecule has 0 fully saturated rings. The van der Waals surface area contributed by atoms with Gasteiger partial charge in [0.25, 0.3) is 0 Å². The van der Waals surface area contributed by atoms with Crippen molar-refractivity contribution in [3.63, 3.8) is 0 Å². The maximum absolute atomic E-state index is 11.7. The van der Waals surface area contributed by atoms with Gasteiger partial charge in [0.1, 0.15) is 11.3 Å². The van der Waals surface area contributed by atoms with Gasteiger partial charge in [-0.05, 0) is 31.0 Å². The number of ether oxygens (including phenoxy) is 1. The SMILES string of the molecule is Cc1cccc(OCCCC(=O)NC(CO)(CO)CO)c1. The van der Waals surface area contributed by atoms with E-state index in [1.165, 1.54) is 0 Å². The van der Waals surface area contributed by atoms with Gasteiger partial charge in [-0.2, -0.15) is 0 Å². The molecule has 0 aliphatic heterocycles. The Labute approximate surface area is 124 Å². The fraction of sp³-hybridized carbons (Fsp3) is 0.533. The van der Waals surface area contributed by atoms with Gasteiger partial charge in [-0.3, -0.25) is 4.79 Å². The normalized spacial score (nSPS) is 11.2. The summed E-state index contributed by atoms with van der Waals surface area (Å²) in [5, 5.41) is 29.8. The van der Waals surface area contributed by atoms with Gasteiger partial charge >= 0.3 is 0 Å². The summed E-state index contributed by atoms with van der Waals surface area (Å²) in [6.45, 7) is 0.794. The van der Waals surface area contributed by atoms with Crippen LogP contribution < -0.4 is 10.1 Å². The van der Waals surface area contributed by atoms with E-state index in [9.17, 15) is 4.79 Å². The Bertz CT molecular complexity index is 437. The van der Waals surface area contributed by atoms with Crippen LogP contribution in [-0.4, -0.2) is 53.2 Å². The highest BCUT2D eigenvalue weighted by Crippen LogP contribution is 2.12. The van der Waals surface area contributed by atoms with Crippen molar-refractivity contribution in [1.82, 2.24) is 5.32 Å². The van der Waals surface area contributed by atoms with Gasteiger partial charge in [0, 0.05) is 6.42 Å². The molecule has 0 unspecified atom stereocenters. The number of aliphatic hydroxyl groups excluding tert-OH is 3. The van der Waals surface area contributed by atoms with Crippen LogP contribution in [0.15, 0.2) is 24.3 Å². The van der Waals surface area contributed by atoms with Gasteiger partial charge in [-0.15, -0.1) is 0 Å². The number of amides is 1. The first-order chi connectivity index (χ1) is 10.0. The van der Waals surface area contributed by atoms with Gasteiger partial charge in [0.15, 0.2) is 0 Å². The zero-order valence-corrected chi connectivity index (χ0v) is 12.2.